The first kappa shape index (κ1) is 18.2. The molecule has 1 atom stereocenters. The van der Waals surface area contributed by atoms with Crippen molar-refractivity contribution >= 4 is 22.4 Å². The standard InChI is InChI=1S/C14H22N2O3S.ClH/c1-2-10-19-13-5-7-14(8-6-13)20(17,18)16-12-4-3-9-15-11-12;/h5-8,12,15-16H,2-4,9-11H2,1H3;1H/t12-;/m1./s1. The molecule has 1 fully saturated rings. The van der Waals surface area contributed by atoms with Crippen LogP contribution in [0.3, 0.4) is 0 Å². The summed E-state index contributed by atoms with van der Waals surface area (Å²) in [5.41, 5.74) is 0. The fraction of sp³-hybridized carbons (Fsp3) is 0.571. The van der Waals surface area contributed by atoms with Gasteiger partial charge in [-0.25, -0.2) is 13.1 Å². The molecule has 0 aliphatic carbocycles. The van der Waals surface area contributed by atoms with Gasteiger partial charge in [0.1, 0.15) is 5.75 Å². The number of sulfonamides is 1. The first-order chi connectivity index (χ1) is 9.62. The van der Waals surface area contributed by atoms with Gasteiger partial charge in [0.2, 0.25) is 10.0 Å². The lowest BCUT2D eigenvalue weighted by Crippen LogP contribution is -2.45. The Hall–Kier alpha value is -0.820. The molecule has 2 rings (SSSR count). The monoisotopic (exact) mass is 334 g/mol. The molecule has 21 heavy (non-hydrogen) atoms. The molecule has 0 radical (unpaired) electrons. The Balaban J connectivity index is 0.00000220. The third-order valence-electron chi connectivity index (χ3n) is 3.23. The van der Waals surface area contributed by atoms with E-state index in [0.717, 1.165) is 25.8 Å². The minimum atomic E-state index is -3.44. The zero-order chi connectivity index (χ0) is 14.4. The third kappa shape index (κ3) is 5.47. The van der Waals surface area contributed by atoms with Crippen LogP contribution in [0, 0.1) is 0 Å². The number of hydrogen-bond donors (Lipinski definition) is 2. The number of ether oxygens (including phenoxy) is 1. The Morgan fingerprint density at radius 2 is 2.05 bits per heavy atom. The molecule has 1 aromatic carbocycles. The van der Waals surface area contributed by atoms with Crippen molar-refractivity contribution in [2.24, 2.45) is 0 Å². The average Bonchev–Trinajstić information content (AvgIpc) is 2.46. The summed E-state index contributed by atoms with van der Waals surface area (Å²) in [4.78, 5) is 0.284. The number of piperidine rings is 1. The lowest BCUT2D eigenvalue weighted by Gasteiger charge is -2.23. The smallest absolute Gasteiger partial charge is 0.240 e. The maximum absolute atomic E-state index is 12.2. The second-order valence-electron chi connectivity index (χ2n) is 4.98. The van der Waals surface area contributed by atoms with E-state index >= 15 is 0 Å². The molecule has 0 unspecified atom stereocenters. The lowest BCUT2D eigenvalue weighted by atomic mass is 10.1. The zero-order valence-electron chi connectivity index (χ0n) is 12.2. The van der Waals surface area contributed by atoms with Gasteiger partial charge >= 0.3 is 0 Å². The molecule has 1 aromatic rings. The SMILES string of the molecule is CCCOc1ccc(S(=O)(=O)N[C@@H]2CCCNC2)cc1.Cl. The summed E-state index contributed by atoms with van der Waals surface area (Å²) in [6, 6.07) is 6.55. The summed E-state index contributed by atoms with van der Waals surface area (Å²) >= 11 is 0. The Labute approximate surface area is 132 Å². The summed E-state index contributed by atoms with van der Waals surface area (Å²) in [7, 11) is -3.44. The maximum atomic E-state index is 12.2. The number of nitrogens with one attached hydrogen (secondary N) is 2. The predicted octanol–water partition coefficient (Wildman–Crippen LogP) is 1.93. The molecule has 1 saturated heterocycles. The van der Waals surface area contributed by atoms with Gasteiger partial charge in [-0.15, -0.1) is 12.4 Å². The quantitative estimate of drug-likeness (QED) is 0.834. The van der Waals surface area contributed by atoms with E-state index in [4.69, 9.17) is 4.74 Å². The van der Waals surface area contributed by atoms with Gasteiger partial charge < -0.3 is 10.1 Å². The molecule has 0 bridgehead atoms. The topological polar surface area (TPSA) is 67.4 Å². The van der Waals surface area contributed by atoms with E-state index in [9.17, 15) is 8.42 Å². The third-order valence-corrected chi connectivity index (χ3v) is 4.76. The van der Waals surface area contributed by atoms with Crippen LogP contribution in [0.25, 0.3) is 0 Å². The van der Waals surface area contributed by atoms with Crippen molar-refractivity contribution < 1.29 is 13.2 Å². The molecule has 7 heteroatoms. The molecular weight excluding hydrogens is 312 g/mol. The summed E-state index contributed by atoms with van der Waals surface area (Å²) in [6.07, 6.45) is 2.80. The number of hydrogen-bond acceptors (Lipinski definition) is 4. The molecule has 2 N–H and O–H groups in total. The predicted molar refractivity (Wildman–Crippen MR) is 85.7 cm³/mol. The maximum Gasteiger partial charge on any atom is 0.240 e. The van der Waals surface area contributed by atoms with Crippen LogP contribution in [0.2, 0.25) is 0 Å². The molecular formula is C14H23ClN2O3S. The van der Waals surface area contributed by atoms with Crippen molar-refractivity contribution in [2.45, 2.75) is 37.1 Å². The van der Waals surface area contributed by atoms with E-state index in [1.54, 1.807) is 24.3 Å². The second kappa shape index (κ2) is 8.58. The number of benzene rings is 1. The van der Waals surface area contributed by atoms with Gasteiger partial charge in [-0.05, 0) is 50.1 Å². The van der Waals surface area contributed by atoms with Gasteiger partial charge in [0.25, 0.3) is 0 Å². The van der Waals surface area contributed by atoms with Crippen molar-refractivity contribution in [1.29, 1.82) is 0 Å². The first-order valence-corrected chi connectivity index (χ1v) is 8.56. The molecule has 0 spiro atoms. The summed E-state index contributed by atoms with van der Waals surface area (Å²) in [6.45, 7) is 4.32. The lowest BCUT2D eigenvalue weighted by molar-refractivity contribution is 0.317. The van der Waals surface area contributed by atoms with E-state index in [1.807, 2.05) is 6.92 Å². The van der Waals surface area contributed by atoms with Crippen LogP contribution in [0.4, 0.5) is 0 Å². The number of halogens is 1. The Bertz CT molecular complexity index is 514. The Morgan fingerprint density at radius 1 is 1.33 bits per heavy atom. The van der Waals surface area contributed by atoms with Crippen LogP contribution >= 0.6 is 12.4 Å². The van der Waals surface area contributed by atoms with Crippen LogP contribution in [0.5, 0.6) is 5.75 Å². The van der Waals surface area contributed by atoms with Crippen molar-refractivity contribution in [3.63, 3.8) is 0 Å². The second-order valence-corrected chi connectivity index (χ2v) is 6.70. The summed E-state index contributed by atoms with van der Waals surface area (Å²) in [5.74, 6) is 0.699. The molecule has 0 aromatic heterocycles. The number of rotatable bonds is 6. The van der Waals surface area contributed by atoms with Crippen LogP contribution in [0.1, 0.15) is 26.2 Å². The zero-order valence-corrected chi connectivity index (χ0v) is 13.8. The highest BCUT2D eigenvalue weighted by Crippen LogP contribution is 2.17. The van der Waals surface area contributed by atoms with E-state index < -0.39 is 10.0 Å². The molecule has 1 aliphatic heterocycles. The van der Waals surface area contributed by atoms with E-state index in [2.05, 4.69) is 10.0 Å². The summed E-state index contributed by atoms with van der Waals surface area (Å²) in [5, 5.41) is 3.19. The Morgan fingerprint density at radius 3 is 2.62 bits per heavy atom. The normalized spacial score (nSPS) is 18.8. The van der Waals surface area contributed by atoms with Crippen molar-refractivity contribution in [2.75, 3.05) is 19.7 Å². The average molecular weight is 335 g/mol. The van der Waals surface area contributed by atoms with Gasteiger partial charge in [-0.1, -0.05) is 6.92 Å². The van der Waals surface area contributed by atoms with Crippen LogP contribution in [0.15, 0.2) is 29.2 Å². The molecule has 1 heterocycles. The minimum absolute atomic E-state index is 0. The fourth-order valence-electron chi connectivity index (χ4n) is 2.17. The van der Waals surface area contributed by atoms with E-state index in [-0.39, 0.29) is 23.3 Å². The highest BCUT2D eigenvalue weighted by Gasteiger charge is 2.21. The van der Waals surface area contributed by atoms with Crippen molar-refractivity contribution in [3.05, 3.63) is 24.3 Å². The van der Waals surface area contributed by atoms with Gasteiger partial charge in [0.15, 0.2) is 0 Å². The van der Waals surface area contributed by atoms with Gasteiger partial charge in [-0.2, -0.15) is 0 Å². The van der Waals surface area contributed by atoms with E-state index in [0.29, 0.717) is 18.9 Å². The molecule has 120 valence electrons. The molecule has 0 saturated carbocycles. The van der Waals surface area contributed by atoms with Gasteiger partial charge in [-0.3, -0.25) is 0 Å². The van der Waals surface area contributed by atoms with Crippen molar-refractivity contribution in [1.82, 2.24) is 10.0 Å². The molecule has 0 amide bonds. The first-order valence-electron chi connectivity index (χ1n) is 7.08. The van der Waals surface area contributed by atoms with Crippen molar-refractivity contribution in [3.8, 4) is 5.75 Å². The van der Waals surface area contributed by atoms with Crippen LogP contribution in [-0.2, 0) is 10.0 Å². The fourth-order valence-corrected chi connectivity index (χ4v) is 3.45. The summed E-state index contributed by atoms with van der Waals surface area (Å²) < 4.78 is 32.7. The Kier molecular flexibility index (Phi) is 7.45. The highest BCUT2D eigenvalue weighted by atomic mass is 35.5. The minimum Gasteiger partial charge on any atom is -0.494 e. The highest BCUT2D eigenvalue weighted by molar-refractivity contribution is 7.89. The van der Waals surface area contributed by atoms with Crippen LogP contribution in [-0.4, -0.2) is 34.2 Å². The molecule has 5 nitrogen and oxygen atoms in total. The van der Waals surface area contributed by atoms with E-state index in [1.165, 1.54) is 0 Å². The van der Waals surface area contributed by atoms with Gasteiger partial charge in [0.05, 0.1) is 11.5 Å². The largest absolute Gasteiger partial charge is 0.494 e. The molecule has 1 aliphatic rings. The van der Waals surface area contributed by atoms with Gasteiger partial charge in [0, 0.05) is 12.6 Å². The van der Waals surface area contributed by atoms with Crippen LogP contribution < -0.4 is 14.8 Å².